The molecule has 3 aromatic rings. The molecule has 2 N–H and O–H groups in total. The molecule has 0 saturated heterocycles. The summed E-state index contributed by atoms with van der Waals surface area (Å²) in [5.41, 5.74) is 1.62. The van der Waals surface area contributed by atoms with Crippen LogP contribution in [0.5, 0.6) is 11.6 Å². The van der Waals surface area contributed by atoms with Gasteiger partial charge in [0.15, 0.2) is 11.1 Å². The van der Waals surface area contributed by atoms with Gasteiger partial charge >= 0.3 is 0 Å². The minimum Gasteiger partial charge on any atom is -0.438 e. The molecule has 8 heteroatoms. The maximum absolute atomic E-state index is 5.93. The van der Waals surface area contributed by atoms with E-state index < -0.39 is 0 Å². The van der Waals surface area contributed by atoms with E-state index >= 15 is 0 Å². The van der Waals surface area contributed by atoms with E-state index in [9.17, 15) is 0 Å². The number of aromatic nitrogens is 2. The van der Waals surface area contributed by atoms with Crippen LogP contribution in [0.4, 0.5) is 5.13 Å². The Hall–Kier alpha value is -2.64. The fourth-order valence-electron chi connectivity index (χ4n) is 2.56. The molecule has 1 aliphatic rings. The van der Waals surface area contributed by atoms with E-state index in [4.69, 9.17) is 16.3 Å². The fourth-order valence-corrected chi connectivity index (χ4v) is 3.40. The number of ether oxygens (including phenoxy) is 1. The average Bonchev–Trinajstić information content (AvgIpc) is 3.14. The molecule has 138 valence electrons. The first-order valence-electron chi connectivity index (χ1n) is 8.57. The molecule has 4 rings (SSSR count). The molecule has 1 aromatic carbocycles. The van der Waals surface area contributed by atoms with Crippen LogP contribution in [0.3, 0.4) is 0 Å². The van der Waals surface area contributed by atoms with Crippen LogP contribution >= 0.6 is 22.9 Å². The number of anilines is 1. The molecular formula is C19H18ClN5OS. The molecule has 27 heavy (non-hydrogen) atoms. The quantitative estimate of drug-likeness (QED) is 0.667. The Morgan fingerprint density at radius 2 is 2.11 bits per heavy atom. The lowest BCUT2D eigenvalue weighted by Gasteiger charge is -2.19. The maximum Gasteiger partial charge on any atom is 0.228 e. The molecule has 0 fully saturated rings. The molecule has 0 saturated carbocycles. The molecule has 6 nitrogen and oxygen atoms in total. The summed E-state index contributed by atoms with van der Waals surface area (Å²) < 4.78 is 5.93. The van der Waals surface area contributed by atoms with Crippen molar-refractivity contribution < 1.29 is 4.74 Å². The summed E-state index contributed by atoms with van der Waals surface area (Å²) in [6.07, 6.45) is 1.70. The van der Waals surface area contributed by atoms with E-state index in [-0.39, 0.29) is 0 Å². The van der Waals surface area contributed by atoms with Crippen LogP contribution in [0.1, 0.15) is 6.92 Å². The summed E-state index contributed by atoms with van der Waals surface area (Å²) in [5.74, 6) is 2.48. The predicted octanol–water partition coefficient (Wildman–Crippen LogP) is 4.66. The highest BCUT2D eigenvalue weighted by Gasteiger charge is 2.15. The summed E-state index contributed by atoms with van der Waals surface area (Å²) in [6.45, 7) is 3.89. The molecule has 0 spiro atoms. The third kappa shape index (κ3) is 4.37. The minimum absolute atomic E-state index is 0.499. The summed E-state index contributed by atoms with van der Waals surface area (Å²) >= 11 is 7.44. The molecule has 0 bridgehead atoms. The zero-order valence-corrected chi connectivity index (χ0v) is 16.2. The van der Waals surface area contributed by atoms with Crippen LogP contribution in [0.15, 0.2) is 53.0 Å². The first kappa shape index (κ1) is 17.8. The Balaban J connectivity index is 1.54. The monoisotopic (exact) mass is 399 g/mol. The van der Waals surface area contributed by atoms with Gasteiger partial charge in [0.05, 0.1) is 11.3 Å². The van der Waals surface area contributed by atoms with Crippen molar-refractivity contribution in [2.24, 2.45) is 10.9 Å². The number of aliphatic imine (C=N–C) groups is 1. The van der Waals surface area contributed by atoms with E-state index in [2.05, 4.69) is 32.5 Å². The smallest absolute Gasteiger partial charge is 0.228 e. The van der Waals surface area contributed by atoms with Crippen LogP contribution in [0, 0.1) is 5.92 Å². The van der Waals surface area contributed by atoms with Gasteiger partial charge in [-0.15, -0.1) is 11.3 Å². The molecule has 1 atom stereocenters. The number of halogens is 1. The van der Waals surface area contributed by atoms with Gasteiger partial charge in [-0.25, -0.2) is 9.97 Å². The van der Waals surface area contributed by atoms with E-state index in [1.165, 1.54) is 11.3 Å². The Morgan fingerprint density at radius 3 is 2.89 bits per heavy atom. The number of guanidine groups is 1. The predicted molar refractivity (Wildman–Crippen MR) is 110 cm³/mol. The molecular weight excluding hydrogens is 382 g/mol. The van der Waals surface area contributed by atoms with Crippen LogP contribution in [-0.4, -0.2) is 29.0 Å². The second-order valence-corrected chi connectivity index (χ2v) is 7.54. The number of pyridine rings is 1. The lowest BCUT2D eigenvalue weighted by Crippen LogP contribution is -2.39. The van der Waals surface area contributed by atoms with Crippen LogP contribution in [0.25, 0.3) is 11.3 Å². The van der Waals surface area contributed by atoms with Crippen molar-refractivity contribution in [2.75, 3.05) is 18.4 Å². The first-order chi connectivity index (χ1) is 13.2. The van der Waals surface area contributed by atoms with E-state index in [0.717, 1.165) is 35.4 Å². The summed E-state index contributed by atoms with van der Waals surface area (Å²) in [5, 5.41) is 9.91. The number of benzene rings is 1. The molecule has 1 aliphatic heterocycles. The van der Waals surface area contributed by atoms with Gasteiger partial charge in [-0.1, -0.05) is 18.5 Å². The number of nitrogens with zero attached hydrogens (tertiary/aromatic N) is 3. The van der Waals surface area contributed by atoms with E-state index in [0.29, 0.717) is 22.6 Å². The van der Waals surface area contributed by atoms with Crippen LogP contribution in [0.2, 0.25) is 5.02 Å². The highest BCUT2D eigenvalue weighted by atomic mass is 35.5. The van der Waals surface area contributed by atoms with Crippen molar-refractivity contribution in [3.8, 4) is 22.9 Å². The highest BCUT2D eigenvalue weighted by Crippen LogP contribution is 2.33. The van der Waals surface area contributed by atoms with Gasteiger partial charge in [-0.05, 0) is 42.3 Å². The molecule has 0 amide bonds. The van der Waals surface area contributed by atoms with Crippen molar-refractivity contribution >= 4 is 34.0 Å². The topological polar surface area (TPSA) is 71.4 Å². The van der Waals surface area contributed by atoms with Crippen molar-refractivity contribution in [1.82, 2.24) is 15.3 Å². The van der Waals surface area contributed by atoms with Gasteiger partial charge in [0.25, 0.3) is 0 Å². The molecule has 0 radical (unpaired) electrons. The van der Waals surface area contributed by atoms with Gasteiger partial charge in [-0.2, -0.15) is 0 Å². The minimum atomic E-state index is 0.499. The zero-order valence-electron chi connectivity index (χ0n) is 14.6. The molecule has 1 unspecified atom stereocenters. The van der Waals surface area contributed by atoms with Crippen LogP contribution < -0.4 is 15.4 Å². The second-order valence-electron chi connectivity index (χ2n) is 6.25. The van der Waals surface area contributed by atoms with Crippen molar-refractivity contribution in [3.63, 3.8) is 0 Å². The Labute approximate surface area is 166 Å². The van der Waals surface area contributed by atoms with Gasteiger partial charge in [0, 0.05) is 29.7 Å². The normalized spacial score (nSPS) is 16.4. The lowest BCUT2D eigenvalue weighted by atomic mass is 10.2. The van der Waals surface area contributed by atoms with Crippen LogP contribution in [-0.2, 0) is 0 Å². The third-order valence-corrected chi connectivity index (χ3v) is 4.99. The number of thiazole rings is 1. The first-order valence-corrected chi connectivity index (χ1v) is 9.83. The van der Waals surface area contributed by atoms with E-state index in [1.807, 2.05) is 29.6 Å². The largest absolute Gasteiger partial charge is 0.438 e. The molecule has 0 aliphatic carbocycles. The summed E-state index contributed by atoms with van der Waals surface area (Å²) in [6, 6.07) is 11.0. The SMILES string of the molecule is CC1CN=C(Nc2nc(-c3cccnc3Oc3ccc(Cl)cc3)cs2)NC1. The van der Waals surface area contributed by atoms with Gasteiger partial charge in [-0.3, -0.25) is 4.99 Å². The van der Waals surface area contributed by atoms with Crippen molar-refractivity contribution in [3.05, 3.63) is 53.0 Å². The van der Waals surface area contributed by atoms with Gasteiger partial charge < -0.3 is 15.4 Å². The Bertz CT molecular complexity index is 957. The fraction of sp³-hybridized carbons (Fsp3) is 0.211. The second kappa shape index (κ2) is 7.94. The summed E-state index contributed by atoms with van der Waals surface area (Å²) in [4.78, 5) is 13.5. The lowest BCUT2D eigenvalue weighted by molar-refractivity contribution is 0.465. The number of hydrogen-bond acceptors (Lipinski definition) is 7. The Morgan fingerprint density at radius 1 is 1.26 bits per heavy atom. The maximum atomic E-state index is 5.93. The number of rotatable bonds is 4. The van der Waals surface area contributed by atoms with Gasteiger partial charge in [0.2, 0.25) is 5.88 Å². The van der Waals surface area contributed by atoms with Crippen molar-refractivity contribution in [1.29, 1.82) is 0 Å². The molecule has 3 heterocycles. The Kier molecular flexibility index (Phi) is 5.22. The van der Waals surface area contributed by atoms with E-state index in [1.54, 1.807) is 18.3 Å². The summed E-state index contributed by atoms with van der Waals surface area (Å²) in [7, 11) is 0. The van der Waals surface area contributed by atoms with Gasteiger partial charge in [0.1, 0.15) is 5.75 Å². The standard InChI is InChI=1S/C19H18ClN5OS/c1-12-9-22-18(23-10-12)25-19-24-16(11-27-19)15-3-2-8-21-17(15)26-14-6-4-13(20)5-7-14/h2-8,11-12H,9-10H2,1H3,(H2,22,23,24,25). The highest BCUT2D eigenvalue weighted by molar-refractivity contribution is 7.14. The zero-order chi connectivity index (χ0) is 18.6. The average molecular weight is 400 g/mol. The number of nitrogens with one attached hydrogen (secondary N) is 2. The third-order valence-electron chi connectivity index (χ3n) is 3.98. The molecule has 2 aromatic heterocycles. The number of hydrogen-bond donors (Lipinski definition) is 2. The van der Waals surface area contributed by atoms with Crippen molar-refractivity contribution in [2.45, 2.75) is 6.92 Å².